The quantitative estimate of drug-likeness (QED) is 0.146. The van der Waals surface area contributed by atoms with Crippen LogP contribution in [0.15, 0.2) is 176 Å². The Labute approximate surface area is 275 Å². The molecule has 0 atom stereocenters. The van der Waals surface area contributed by atoms with Crippen molar-refractivity contribution < 1.29 is 4.79 Å². The van der Waals surface area contributed by atoms with Crippen molar-refractivity contribution in [1.29, 1.82) is 0 Å². The molecule has 47 heavy (non-hydrogen) atoms. The van der Waals surface area contributed by atoms with Gasteiger partial charge in [0.25, 0.3) is 6.71 Å². The van der Waals surface area contributed by atoms with Gasteiger partial charge in [0.1, 0.15) is 0 Å². The maximum absolute atomic E-state index is 13.2. The molecule has 7 aromatic rings. The summed E-state index contributed by atoms with van der Waals surface area (Å²) in [5.74, 6) is 0.0271. The van der Waals surface area contributed by atoms with Crippen molar-refractivity contribution in [2.24, 2.45) is 0 Å². The lowest BCUT2D eigenvalue weighted by Gasteiger charge is -2.44. The van der Waals surface area contributed by atoms with Gasteiger partial charge in [-0.2, -0.15) is 0 Å². The summed E-state index contributed by atoms with van der Waals surface area (Å²) in [6.07, 6.45) is 0. The van der Waals surface area contributed by atoms with Gasteiger partial charge in [-0.1, -0.05) is 127 Å². The Morgan fingerprint density at radius 3 is 1.34 bits per heavy atom. The highest BCUT2D eigenvalue weighted by molar-refractivity contribution is 7.00. The van der Waals surface area contributed by atoms with E-state index in [9.17, 15) is 4.79 Å². The number of ketones is 1. The molecule has 4 heteroatoms. The highest BCUT2D eigenvalue weighted by atomic mass is 16.1. The molecular weight excluding hydrogens is 571 g/mol. The van der Waals surface area contributed by atoms with Crippen molar-refractivity contribution >= 4 is 63.0 Å². The number of rotatable bonds is 5. The van der Waals surface area contributed by atoms with Crippen molar-refractivity contribution in [3.63, 3.8) is 0 Å². The number of para-hydroxylation sites is 4. The monoisotopic (exact) mass is 600 g/mol. The average Bonchev–Trinajstić information content (AvgIpc) is 3.15. The minimum absolute atomic E-state index is 0.0271. The SMILES string of the molecule is O=C(c1ccccc1)c1ccc(-c2cc3c4c(c2)N(c2ccccc2)c2ccccc2B4c2ccccc2N3c2ccccc2)cc1. The molecule has 0 spiro atoms. The van der Waals surface area contributed by atoms with E-state index >= 15 is 0 Å². The van der Waals surface area contributed by atoms with Gasteiger partial charge in [-0.25, -0.2) is 0 Å². The van der Waals surface area contributed by atoms with Crippen molar-refractivity contribution in [1.82, 2.24) is 0 Å². The van der Waals surface area contributed by atoms with E-state index in [1.54, 1.807) is 0 Å². The molecule has 0 unspecified atom stereocenters. The van der Waals surface area contributed by atoms with Gasteiger partial charge in [0, 0.05) is 45.3 Å². The van der Waals surface area contributed by atoms with Crippen LogP contribution >= 0.6 is 0 Å². The second-order valence-electron chi connectivity index (χ2n) is 12.1. The zero-order valence-electron chi connectivity index (χ0n) is 25.6. The summed E-state index contributed by atoms with van der Waals surface area (Å²) in [7, 11) is 0. The van der Waals surface area contributed by atoms with Gasteiger partial charge in [-0.15, -0.1) is 0 Å². The van der Waals surface area contributed by atoms with E-state index in [4.69, 9.17) is 0 Å². The topological polar surface area (TPSA) is 23.6 Å². The largest absolute Gasteiger partial charge is 0.311 e. The van der Waals surface area contributed by atoms with Crippen LogP contribution in [-0.2, 0) is 0 Å². The van der Waals surface area contributed by atoms with Gasteiger partial charge < -0.3 is 9.80 Å². The molecule has 0 bridgehead atoms. The first kappa shape index (κ1) is 27.2. The van der Waals surface area contributed by atoms with E-state index in [2.05, 4.69) is 143 Å². The summed E-state index contributed by atoms with van der Waals surface area (Å²) >= 11 is 0. The first-order valence-corrected chi connectivity index (χ1v) is 16.0. The Morgan fingerprint density at radius 1 is 0.404 bits per heavy atom. The molecule has 0 aromatic heterocycles. The lowest BCUT2D eigenvalue weighted by atomic mass is 9.33. The number of hydrogen-bond donors (Lipinski definition) is 0. The number of nitrogens with zero attached hydrogens (tertiary/aromatic N) is 2. The highest BCUT2D eigenvalue weighted by Gasteiger charge is 2.43. The van der Waals surface area contributed by atoms with Gasteiger partial charge in [-0.3, -0.25) is 4.79 Å². The summed E-state index contributed by atoms with van der Waals surface area (Å²) in [6.45, 7) is 0.0762. The molecule has 7 aromatic carbocycles. The van der Waals surface area contributed by atoms with E-state index < -0.39 is 0 Å². The van der Waals surface area contributed by atoms with Crippen LogP contribution in [0.2, 0.25) is 0 Å². The molecule has 3 nitrogen and oxygen atoms in total. The molecule has 220 valence electrons. The minimum Gasteiger partial charge on any atom is -0.311 e. The fourth-order valence-electron chi connectivity index (χ4n) is 7.34. The molecule has 0 aliphatic carbocycles. The third kappa shape index (κ3) is 4.41. The number of benzene rings is 7. The normalized spacial score (nSPS) is 12.6. The average molecular weight is 601 g/mol. The van der Waals surface area contributed by atoms with Gasteiger partial charge in [0.15, 0.2) is 5.78 Å². The van der Waals surface area contributed by atoms with E-state index in [1.807, 2.05) is 42.5 Å². The third-order valence-electron chi connectivity index (χ3n) is 9.43. The molecule has 9 rings (SSSR count). The summed E-state index contributed by atoms with van der Waals surface area (Å²) in [6, 6.07) is 61.2. The molecule has 0 amide bonds. The maximum Gasteiger partial charge on any atom is 0.252 e. The van der Waals surface area contributed by atoms with Crippen molar-refractivity contribution in [2.45, 2.75) is 0 Å². The Balaban J connectivity index is 1.30. The standard InChI is InChI=1S/C43H29BN2O/c47-43(31-14-4-1-5-15-31)32-26-24-30(25-27-32)33-28-40-42-41(29-33)46(35-18-8-3-9-19-35)39-23-13-11-21-37(39)44(42)36-20-10-12-22-38(36)45(40)34-16-6-2-7-17-34/h1-29H. The fourth-order valence-corrected chi connectivity index (χ4v) is 7.34. The first-order valence-electron chi connectivity index (χ1n) is 16.0. The predicted octanol–water partition coefficient (Wildman–Crippen LogP) is 8.67. The van der Waals surface area contributed by atoms with E-state index in [0.29, 0.717) is 11.1 Å². The number of carbonyl (C=O) groups is 1. The van der Waals surface area contributed by atoms with Gasteiger partial charge in [0.2, 0.25) is 0 Å². The van der Waals surface area contributed by atoms with E-state index in [0.717, 1.165) is 33.9 Å². The highest BCUT2D eigenvalue weighted by Crippen LogP contribution is 2.45. The van der Waals surface area contributed by atoms with Crippen LogP contribution < -0.4 is 26.2 Å². The molecular formula is C43H29BN2O. The van der Waals surface area contributed by atoms with Crippen LogP contribution in [0.25, 0.3) is 11.1 Å². The minimum atomic E-state index is 0.0271. The molecule has 0 fully saturated rings. The molecule has 0 saturated heterocycles. The fraction of sp³-hybridized carbons (Fsp3) is 0. The van der Waals surface area contributed by atoms with Crippen LogP contribution in [0.3, 0.4) is 0 Å². The van der Waals surface area contributed by atoms with Crippen molar-refractivity contribution in [2.75, 3.05) is 9.80 Å². The Kier molecular flexibility index (Phi) is 6.39. The Bertz CT molecular complexity index is 2160. The second-order valence-corrected chi connectivity index (χ2v) is 12.1. The van der Waals surface area contributed by atoms with Gasteiger partial charge in [-0.05, 0) is 76.0 Å². The lowest BCUT2D eigenvalue weighted by Crippen LogP contribution is -2.61. The number of fused-ring (bicyclic) bond motifs is 4. The van der Waals surface area contributed by atoms with Crippen LogP contribution in [-0.4, -0.2) is 12.5 Å². The van der Waals surface area contributed by atoms with E-state index in [1.165, 1.54) is 27.8 Å². The maximum atomic E-state index is 13.2. The van der Waals surface area contributed by atoms with Crippen LogP contribution in [0.5, 0.6) is 0 Å². The lowest BCUT2D eigenvalue weighted by molar-refractivity contribution is 0.103. The predicted molar refractivity (Wildman–Crippen MR) is 196 cm³/mol. The zero-order chi connectivity index (χ0) is 31.3. The smallest absolute Gasteiger partial charge is 0.252 e. The van der Waals surface area contributed by atoms with Gasteiger partial charge >= 0.3 is 0 Å². The number of carbonyl (C=O) groups excluding carboxylic acids is 1. The van der Waals surface area contributed by atoms with Crippen LogP contribution in [0.1, 0.15) is 15.9 Å². The summed E-state index contributed by atoms with van der Waals surface area (Å²) in [5.41, 5.74) is 14.3. The Morgan fingerprint density at radius 2 is 0.830 bits per heavy atom. The third-order valence-corrected chi connectivity index (χ3v) is 9.43. The summed E-state index contributed by atoms with van der Waals surface area (Å²) in [5, 5.41) is 0. The molecule has 2 heterocycles. The summed E-state index contributed by atoms with van der Waals surface area (Å²) in [4.78, 5) is 18.1. The first-order chi connectivity index (χ1) is 23.3. The molecule has 0 radical (unpaired) electrons. The van der Waals surface area contributed by atoms with E-state index in [-0.39, 0.29) is 12.5 Å². The Hall–Kier alpha value is -6.13. The van der Waals surface area contributed by atoms with Crippen LogP contribution in [0, 0.1) is 0 Å². The molecule has 2 aliphatic rings. The molecule has 2 aliphatic heterocycles. The van der Waals surface area contributed by atoms with Gasteiger partial charge in [0.05, 0.1) is 0 Å². The van der Waals surface area contributed by atoms with Crippen molar-refractivity contribution in [3.8, 4) is 11.1 Å². The van der Waals surface area contributed by atoms with Crippen LogP contribution in [0.4, 0.5) is 34.1 Å². The van der Waals surface area contributed by atoms with Crippen molar-refractivity contribution in [3.05, 3.63) is 187 Å². The zero-order valence-corrected chi connectivity index (χ0v) is 25.6. The summed E-state index contributed by atoms with van der Waals surface area (Å²) < 4.78 is 0. The second kappa shape index (κ2) is 11.0. The number of hydrogen-bond acceptors (Lipinski definition) is 3. The number of anilines is 6. The molecule has 0 N–H and O–H groups in total. The molecule has 0 saturated carbocycles.